The number of aromatic hydroxyl groups is 1. The van der Waals surface area contributed by atoms with Crippen LogP contribution in [0.1, 0.15) is 52.5 Å². The van der Waals surface area contributed by atoms with Crippen LogP contribution in [0.5, 0.6) is 11.5 Å². The molecule has 1 fully saturated rings. The van der Waals surface area contributed by atoms with Crippen LogP contribution >= 0.6 is 11.3 Å². The van der Waals surface area contributed by atoms with Gasteiger partial charge in [0.25, 0.3) is 0 Å². The molecule has 26 heavy (non-hydrogen) atoms. The van der Waals surface area contributed by atoms with Crippen LogP contribution in [0.4, 0.5) is 0 Å². The van der Waals surface area contributed by atoms with E-state index in [1.807, 2.05) is 24.4 Å². The Labute approximate surface area is 157 Å². The molecule has 0 amide bonds. The normalized spacial score (nSPS) is 21.8. The van der Waals surface area contributed by atoms with E-state index < -0.39 is 0 Å². The van der Waals surface area contributed by atoms with Crippen LogP contribution in [-0.2, 0) is 6.54 Å². The number of hydrogen-bond acceptors (Lipinski definition) is 5. The van der Waals surface area contributed by atoms with E-state index in [1.165, 1.54) is 12.8 Å². The third-order valence-corrected chi connectivity index (χ3v) is 6.16. The summed E-state index contributed by atoms with van der Waals surface area (Å²) in [7, 11) is 0. The molecule has 2 aliphatic rings. The van der Waals surface area contributed by atoms with Crippen molar-refractivity contribution in [2.75, 3.05) is 6.54 Å². The zero-order valence-electron chi connectivity index (χ0n) is 15.1. The monoisotopic (exact) mass is 369 g/mol. The van der Waals surface area contributed by atoms with E-state index in [1.54, 1.807) is 23.5 Å². The van der Waals surface area contributed by atoms with Crippen molar-refractivity contribution in [1.29, 1.82) is 0 Å². The van der Waals surface area contributed by atoms with Gasteiger partial charge in [0.05, 0.1) is 11.1 Å². The maximum atomic E-state index is 12.9. The van der Waals surface area contributed by atoms with Crippen molar-refractivity contribution < 1.29 is 14.6 Å². The summed E-state index contributed by atoms with van der Waals surface area (Å²) >= 11 is 1.56. The summed E-state index contributed by atoms with van der Waals surface area (Å²) in [6.07, 6.45) is 5.37. The highest BCUT2D eigenvalue weighted by Crippen LogP contribution is 2.43. The molecule has 1 saturated heterocycles. The lowest BCUT2D eigenvalue weighted by atomic mass is 9.97. The van der Waals surface area contributed by atoms with Crippen LogP contribution in [0.3, 0.4) is 0 Å². The quantitative estimate of drug-likeness (QED) is 0.793. The summed E-state index contributed by atoms with van der Waals surface area (Å²) in [6.45, 7) is 5.68. The van der Waals surface area contributed by atoms with Crippen molar-refractivity contribution in [2.45, 2.75) is 45.7 Å². The number of carbonyl (C=O) groups is 1. The minimum atomic E-state index is -0.0983. The number of aryl methyl sites for hydroxylation is 1. The Balaban J connectivity index is 1.72. The summed E-state index contributed by atoms with van der Waals surface area (Å²) in [5.41, 5.74) is 2.07. The number of allylic oxidation sites excluding steroid dienone is 1. The van der Waals surface area contributed by atoms with E-state index in [0.717, 1.165) is 29.0 Å². The smallest absolute Gasteiger partial charge is 0.232 e. The Bertz CT molecular complexity index is 870. The Morgan fingerprint density at radius 1 is 1.42 bits per heavy atom. The van der Waals surface area contributed by atoms with Crippen molar-refractivity contribution in [3.8, 4) is 11.5 Å². The first-order valence-electron chi connectivity index (χ1n) is 9.12. The van der Waals surface area contributed by atoms with Crippen LogP contribution in [0.15, 0.2) is 29.3 Å². The van der Waals surface area contributed by atoms with Gasteiger partial charge >= 0.3 is 0 Å². The van der Waals surface area contributed by atoms with Gasteiger partial charge in [0, 0.05) is 23.5 Å². The minimum absolute atomic E-state index is 0.0983. The van der Waals surface area contributed by atoms with Gasteiger partial charge < -0.3 is 9.84 Å². The predicted octanol–water partition coefficient (Wildman–Crippen LogP) is 4.75. The molecule has 3 heterocycles. The van der Waals surface area contributed by atoms with Crippen molar-refractivity contribution in [3.05, 3.63) is 50.9 Å². The van der Waals surface area contributed by atoms with Gasteiger partial charge in [-0.15, -0.1) is 11.3 Å². The number of hydrogen-bond donors (Lipinski definition) is 1. The maximum absolute atomic E-state index is 12.9. The SMILES string of the molecule is Cc1cc(O)c(CN2CCCCC2C)c2c1C(=O)/C(=C/c1cccs1)O2. The van der Waals surface area contributed by atoms with Crippen LogP contribution in [0.25, 0.3) is 6.08 Å². The summed E-state index contributed by atoms with van der Waals surface area (Å²) < 4.78 is 5.99. The van der Waals surface area contributed by atoms with E-state index >= 15 is 0 Å². The second-order valence-corrected chi connectivity index (χ2v) is 8.15. The topological polar surface area (TPSA) is 49.8 Å². The first-order valence-corrected chi connectivity index (χ1v) is 10.00. The number of phenolic OH excluding ortho intramolecular Hbond substituents is 1. The fourth-order valence-electron chi connectivity index (χ4n) is 3.83. The number of Topliss-reactive ketones (excluding diaryl/α,β-unsaturated/α-hetero) is 1. The second kappa shape index (κ2) is 6.89. The van der Waals surface area contributed by atoms with Gasteiger partial charge in [0.1, 0.15) is 11.5 Å². The Morgan fingerprint density at radius 2 is 2.27 bits per heavy atom. The summed E-state index contributed by atoms with van der Waals surface area (Å²) in [5, 5.41) is 12.5. The molecule has 1 unspecified atom stereocenters. The number of benzene rings is 1. The number of likely N-dealkylation sites (tertiary alicyclic amines) is 1. The first kappa shape index (κ1) is 17.3. The van der Waals surface area contributed by atoms with E-state index in [-0.39, 0.29) is 11.5 Å². The zero-order valence-corrected chi connectivity index (χ0v) is 15.9. The minimum Gasteiger partial charge on any atom is -0.507 e. The molecule has 2 aromatic rings. The molecule has 1 aromatic heterocycles. The fraction of sp³-hybridized carbons (Fsp3) is 0.381. The van der Waals surface area contributed by atoms with Gasteiger partial charge in [-0.05, 0) is 56.3 Å². The molecule has 4 nitrogen and oxygen atoms in total. The molecule has 136 valence electrons. The van der Waals surface area contributed by atoms with Crippen LogP contribution in [-0.4, -0.2) is 28.4 Å². The molecule has 2 aliphatic heterocycles. The van der Waals surface area contributed by atoms with Crippen LogP contribution < -0.4 is 4.74 Å². The summed E-state index contributed by atoms with van der Waals surface area (Å²) in [5.74, 6) is 0.986. The number of ether oxygens (including phenoxy) is 1. The molecule has 0 radical (unpaired) electrons. The molecular weight excluding hydrogens is 346 g/mol. The molecular formula is C21H23NO3S. The lowest BCUT2D eigenvalue weighted by molar-refractivity contribution is 0.101. The molecule has 0 spiro atoms. The number of fused-ring (bicyclic) bond motifs is 1. The molecule has 1 atom stereocenters. The summed E-state index contributed by atoms with van der Waals surface area (Å²) in [4.78, 5) is 16.2. The highest BCUT2D eigenvalue weighted by Gasteiger charge is 2.34. The molecule has 0 aliphatic carbocycles. The van der Waals surface area contributed by atoms with Crippen molar-refractivity contribution in [1.82, 2.24) is 4.90 Å². The van der Waals surface area contributed by atoms with Gasteiger partial charge in [-0.2, -0.15) is 0 Å². The van der Waals surface area contributed by atoms with Gasteiger partial charge in [0.2, 0.25) is 5.78 Å². The molecule has 1 aromatic carbocycles. The van der Waals surface area contributed by atoms with Crippen LogP contribution in [0.2, 0.25) is 0 Å². The standard InChI is InChI=1S/C21H23NO3S/c1-13-10-17(23)16(12-22-8-4-3-6-14(22)2)21-19(13)20(24)18(25-21)11-15-7-5-9-26-15/h5,7,9-11,14,23H,3-4,6,8,12H2,1-2H3/b18-11-. The fourth-order valence-corrected chi connectivity index (χ4v) is 4.48. The Morgan fingerprint density at radius 3 is 3.00 bits per heavy atom. The van der Waals surface area contributed by atoms with Gasteiger partial charge in [-0.25, -0.2) is 0 Å². The van der Waals surface area contributed by atoms with E-state index in [0.29, 0.717) is 29.7 Å². The first-order chi connectivity index (χ1) is 12.5. The lowest BCUT2D eigenvalue weighted by Gasteiger charge is -2.33. The number of piperidine rings is 1. The number of ketones is 1. The third-order valence-electron chi connectivity index (χ3n) is 5.34. The molecule has 1 N–H and O–H groups in total. The molecule has 0 saturated carbocycles. The number of rotatable bonds is 3. The highest BCUT2D eigenvalue weighted by atomic mass is 32.1. The average molecular weight is 369 g/mol. The van der Waals surface area contributed by atoms with E-state index in [4.69, 9.17) is 4.74 Å². The summed E-state index contributed by atoms with van der Waals surface area (Å²) in [6, 6.07) is 6.07. The van der Waals surface area contributed by atoms with E-state index in [2.05, 4.69) is 11.8 Å². The second-order valence-electron chi connectivity index (χ2n) is 7.17. The average Bonchev–Trinajstić information content (AvgIpc) is 3.22. The number of thiophene rings is 1. The Hall–Kier alpha value is -2.11. The lowest BCUT2D eigenvalue weighted by Crippen LogP contribution is -2.36. The predicted molar refractivity (Wildman–Crippen MR) is 104 cm³/mol. The third kappa shape index (κ3) is 3.06. The van der Waals surface area contributed by atoms with Gasteiger partial charge in [-0.3, -0.25) is 9.69 Å². The molecule has 0 bridgehead atoms. The van der Waals surface area contributed by atoms with E-state index in [9.17, 15) is 9.90 Å². The van der Waals surface area contributed by atoms with Crippen molar-refractivity contribution in [3.63, 3.8) is 0 Å². The largest absolute Gasteiger partial charge is 0.507 e. The van der Waals surface area contributed by atoms with Crippen molar-refractivity contribution >= 4 is 23.2 Å². The number of nitrogens with zero attached hydrogens (tertiary/aromatic N) is 1. The highest BCUT2D eigenvalue weighted by molar-refractivity contribution is 7.10. The number of carbonyl (C=O) groups excluding carboxylic acids is 1. The van der Waals surface area contributed by atoms with Crippen LogP contribution in [0, 0.1) is 6.92 Å². The maximum Gasteiger partial charge on any atom is 0.232 e. The number of phenols is 1. The molecule has 5 heteroatoms. The van der Waals surface area contributed by atoms with Gasteiger partial charge in [-0.1, -0.05) is 12.5 Å². The zero-order chi connectivity index (χ0) is 18.3. The Kier molecular flexibility index (Phi) is 4.59. The molecule has 4 rings (SSSR count). The van der Waals surface area contributed by atoms with Crippen molar-refractivity contribution in [2.24, 2.45) is 0 Å². The van der Waals surface area contributed by atoms with Gasteiger partial charge in [0.15, 0.2) is 5.76 Å².